The highest BCUT2D eigenvalue weighted by Crippen LogP contribution is 2.27. The average Bonchev–Trinajstić information content (AvgIpc) is 2.13. The Morgan fingerprint density at radius 3 is 2.87 bits per heavy atom. The highest BCUT2D eigenvalue weighted by Gasteiger charge is 2.21. The molecule has 1 N–H and O–H groups in total. The first-order valence-electron chi connectivity index (χ1n) is 3.90. The van der Waals surface area contributed by atoms with Gasteiger partial charge in [0.2, 0.25) is 11.0 Å². The lowest BCUT2D eigenvalue weighted by Crippen LogP contribution is -2.12. The number of nitrogens with zero attached hydrogens (tertiary/aromatic N) is 3. The van der Waals surface area contributed by atoms with Crippen LogP contribution in [-0.2, 0) is 4.79 Å². The highest BCUT2D eigenvalue weighted by atomic mass is 35.5. The second kappa shape index (κ2) is 4.65. The number of carbonyl (C=O) groups is 1. The van der Waals surface area contributed by atoms with Crippen molar-refractivity contribution in [3.63, 3.8) is 0 Å². The minimum absolute atomic E-state index is 0.0474. The molecule has 15 heavy (non-hydrogen) atoms. The Morgan fingerprint density at radius 1 is 1.67 bits per heavy atom. The molecule has 0 aliphatic heterocycles. The second-order valence-corrected chi connectivity index (χ2v) is 3.03. The van der Waals surface area contributed by atoms with Crippen LogP contribution in [0.5, 0.6) is 0 Å². The predicted octanol–water partition coefficient (Wildman–Crippen LogP) is 1.04. The third-order valence-corrected chi connectivity index (χ3v) is 1.74. The molecule has 0 radical (unpaired) electrons. The molecule has 7 nitrogen and oxygen atoms in total. The van der Waals surface area contributed by atoms with Crippen molar-refractivity contribution in [1.82, 2.24) is 9.97 Å². The Balaban J connectivity index is 3.01. The van der Waals surface area contributed by atoms with Gasteiger partial charge in [-0.25, -0.2) is 9.97 Å². The summed E-state index contributed by atoms with van der Waals surface area (Å²) in [7, 11) is 0. The summed E-state index contributed by atoms with van der Waals surface area (Å²) in [6, 6.07) is 0. The maximum atomic E-state index is 10.7. The van der Waals surface area contributed by atoms with Crippen molar-refractivity contribution in [3.8, 4) is 0 Å². The van der Waals surface area contributed by atoms with Gasteiger partial charge in [0, 0.05) is 0 Å². The Morgan fingerprint density at radius 2 is 2.33 bits per heavy atom. The summed E-state index contributed by atoms with van der Waals surface area (Å²) in [5.41, 5.74) is -0.430. The summed E-state index contributed by atoms with van der Waals surface area (Å²) < 4.78 is 0. The number of hydrogen-bond acceptors (Lipinski definition) is 6. The zero-order chi connectivity index (χ0) is 11.4. The van der Waals surface area contributed by atoms with E-state index in [4.69, 9.17) is 11.6 Å². The molecule has 0 aliphatic rings. The lowest BCUT2D eigenvalue weighted by molar-refractivity contribution is -0.384. The van der Waals surface area contributed by atoms with E-state index in [-0.39, 0.29) is 23.3 Å². The van der Waals surface area contributed by atoms with Gasteiger partial charge >= 0.3 is 5.69 Å². The van der Waals surface area contributed by atoms with Crippen molar-refractivity contribution in [3.05, 3.63) is 21.6 Å². The second-order valence-electron chi connectivity index (χ2n) is 2.67. The van der Waals surface area contributed by atoms with Crippen molar-refractivity contribution >= 4 is 28.9 Å². The number of hydrogen-bond donors (Lipinski definition) is 1. The number of carbonyl (C=O) groups excluding carboxylic acids is 1. The topological polar surface area (TPSA) is 98.0 Å². The number of nitrogens with one attached hydrogen (secondary N) is 1. The van der Waals surface area contributed by atoms with Crippen LogP contribution in [0.1, 0.15) is 6.92 Å². The summed E-state index contributed by atoms with van der Waals surface area (Å²) >= 11 is 5.52. The van der Waals surface area contributed by atoms with E-state index in [0.717, 1.165) is 6.33 Å². The fraction of sp³-hybridized carbons (Fsp3) is 0.286. The Bertz CT molecular complexity index is 409. The maximum absolute atomic E-state index is 10.7. The van der Waals surface area contributed by atoms with E-state index in [0.29, 0.717) is 0 Å². The van der Waals surface area contributed by atoms with Crippen LogP contribution in [-0.4, -0.2) is 27.2 Å². The van der Waals surface area contributed by atoms with Gasteiger partial charge in [-0.1, -0.05) is 11.6 Å². The van der Waals surface area contributed by atoms with Crippen LogP contribution < -0.4 is 5.32 Å². The lowest BCUT2D eigenvalue weighted by atomic mass is 10.4. The lowest BCUT2D eigenvalue weighted by Gasteiger charge is -2.03. The number of halogens is 1. The first-order valence-corrected chi connectivity index (χ1v) is 4.28. The summed E-state index contributed by atoms with van der Waals surface area (Å²) in [6.07, 6.45) is 1.08. The summed E-state index contributed by atoms with van der Waals surface area (Å²) in [4.78, 5) is 27.7. The third kappa shape index (κ3) is 2.84. The normalized spacial score (nSPS) is 9.73. The molecule has 1 aromatic rings. The van der Waals surface area contributed by atoms with E-state index < -0.39 is 10.6 Å². The summed E-state index contributed by atoms with van der Waals surface area (Å²) in [5.74, 6) is -0.228. The molecule has 0 fully saturated rings. The van der Waals surface area contributed by atoms with Crippen molar-refractivity contribution in [2.24, 2.45) is 0 Å². The first-order chi connectivity index (χ1) is 7.02. The van der Waals surface area contributed by atoms with Gasteiger partial charge < -0.3 is 5.32 Å². The van der Waals surface area contributed by atoms with Gasteiger partial charge in [-0.3, -0.25) is 14.9 Å². The zero-order valence-electron chi connectivity index (χ0n) is 7.73. The number of nitro groups is 1. The van der Waals surface area contributed by atoms with Crippen LogP contribution in [0.3, 0.4) is 0 Å². The van der Waals surface area contributed by atoms with Gasteiger partial charge in [-0.05, 0) is 6.92 Å². The van der Waals surface area contributed by atoms with Gasteiger partial charge in [-0.2, -0.15) is 0 Å². The minimum Gasteiger partial charge on any atom is -0.357 e. The molecule has 0 saturated heterocycles. The SMILES string of the molecule is CC(=O)CNc1ncnc(Cl)c1[N+](=O)[O-]. The van der Waals surface area contributed by atoms with E-state index in [1.165, 1.54) is 6.92 Å². The van der Waals surface area contributed by atoms with Gasteiger partial charge in [0.1, 0.15) is 12.1 Å². The fourth-order valence-corrected chi connectivity index (χ4v) is 1.06. The molecular weight excluding hydrogens is 224 g/mol. The van der Waals surface area contributed by atoms with Crippen LogP contribution in [0.2, 0.25) is 5.15 Å². The molecule has 1 aromatic heterocycles. The third-order valence-electron chi connectivity index (χ3n) is 1.46. The summed E-state index contributed by atoms with van der Waals surface area (Å²) in [6.45, 7) is 1.30. The predicted molar refractivity (Wildman–Crippen MR) is 52.9 cm³/mol. The molecule has 0 amide bonds. The number of rotatable bonds is 4. The highest BCUT2D eigenvalue weighted by molar-refractivity contribution is 6.31. The Labute approximate surface area is 89.6 Å². The maximum Gasteiger partial charge on any atom is 0.348 e. The average molecular weight is 231 g/mol. The zero-order valence-corrected chi connectivity index (χ0v) is 8.48. The van der Waals surface area contributed by atoms with Crippen LogP contribution >= 0.6 is 11.6 Å². The van der Waals surface area contributed by atoms with Crippen molar-refractivity contribution in [2.45, 2.75) is 6.92 Å². The fourth-order valence-electron chi connectivity index (χ4n) is 0.857. The molecular formula is C7H7ClN4O3. The molecule has 0 atom stereocenters. The number of ketones is 1. The van der Waals surface area contributed by atoms with Crippen molar-refractivity contribution in [2.75, 3.05) is 11.9 Å². The largest absolute Gasteiger partial charge is 0.357 e. The van der Waals surface area contributed by atoms with Gasteiger partial charge in [-0.15, -0.1) is 0 Å². The standard InChI is InChI=1S/C7H7ClN4O3/c1-4(13)2-9-7-5(12(14)15)6(8)10-3-11-7/h3H,2H2,1H3,(H,9,10,11). The van der Waals surface area contributed by atoms with E-state index in [9.17, 15) is 14.9 Å². The molecule has 0 unspecified atom stereocenters. The summed E-state index contributed by atoms with van der Waals surface area (Å²) in [5, 5.41) is 12.8. The Kier molecular flexibility index (Phi) is 3.51. The molecule has 0 saturated carbocycles. The van der Waals surface area contributed by atoms with E-state index >= 15 is 0 Å². The molecule has 0 spiro atoms. The van der Waals surface area contributed by atoms with Gasteiger partial charge in [0.25, 0.3) is 0 Å². The van der Waals surface area contributed by atoms with Crippen molar-refractivity contribution in [1.29, 1.82) is 0 Å². The van der Waals surface area contributed by atoms with E-state index in [1.807, 2.05) is 0 Å². The minimum atomic E-state index is -0.704. The first kappa shape index (κ1) is 11.3. The molecule has 0 aromatic carbocycles. The van der Waals surface area contributed by atoms with Gasteiger partial charge in [0.05, 0.1) is 11.5 Å². The molecule has 1 heterocycles. The molecule has 0 bridgehead atoms. The number of Topliss-reactive ketones (excluding diaryl/α,β-unsaturated/α-hetero) is 1. The number of aromatic nitrogens is 2. The van der Waals surface area contributed by atoms with Crippen LogP contribution in [0, 0.1) is 10.1 Å². The van der Waals surface area contributed by atoms with Crippen LogP contribution in [0.15, 0.2) is 6.33 Å². The van der Waals surface area contributed by atoms with E-state index in [1.54, 1.807) is 0 Å². The van der Waals surface area contributed by atoms with Crippen molar-refractivity contribution < 1.29 is 9.72 Å². The molecule has 8 heteroatoms. The smallest absolute Gasteiger partial charge is 0.348 e. The molecule has 80 valence electrons. The monoisotopic (exact) mass is 230 g/mol. The number of anilines is 1. The quantitative estimate of drug-likeness (QED) is 0.471. The van der Waals surface area contributed by atoms with Crippen LogP contribution in [0.4, 0.5) is 11.5 Å². The van der Waals surface area contributed by atoms with Crippen LogP contribution in [0.25, 0.3) is 0 Å². The van der Waals surface area contributed by atoms with Gasteiger partial charge in [0.15, 0.2) is 0 Å². The van der Waals surface area contributed by atoms with E-state index in [2.05, 4.69) is 15.3 Å². The molecule has 0 aliphatic carbocycles. The Hall–Kier alpha value is -1.76. The molecule has 1 rings (SSSR count).